The van der Waals surface area contributed by atoms with Gasteiger partial charge in [0.05, 0.1) is 21.6 Å². The van der Waals surface area contributed by atoms with Gasteiger partial charge in [0.25, 0.3) is 5.69 Å². The van der Waals surface area contributed by atoms with Crippen LogP contribution in [-0.2, 0) is 0 Å². The molecule has 126 valence electrons. The van der Waals surface area contributed by atoms with Crippen molar-refractivity contribution in [3.05, 3.63) is 62.2 Å². The number of benzene rings is 1. The molecule has 0 saturated carbocycles. The van der Waals surface area contributed by atoms with Gasteiger partial charge in [-0.25, -0.2) is 0 Å². The average molecular weight is 330 g/mol. The zero-order chi connectivity index (χ0) is 17.9. The van der Waals surface area contributed by atoms with Crippen LogP contribution in [0.25, 0.3) is 0 Å². The van der Waals surface area contributed by atoms with Crippen molar-refractivity contribution in [1.29, 1.82) is 0 Å². The fraction of sp³-hybridized carbons (Fsp3) is 0.312. The normalized spacial score (nSPS) is 18.8. The van der Waals surface area contributed by atoms with Crippen molar-refractivity contribution >= 4 is 22.8 Å². The Morgan fingerprint density at radius 3 is 2.62 bits per heavy atom. The number of nitrogens with zero attached hydrogens (tertiary/aromatic N) is 3. The van der Waals surface area contributed by atoms with Crippen molar-refractivity contribution in [3.8, 4) is 0 Å². The lowest BCUT2D eigenvalue weighted by Crippen LogP contribution is -2.16. The highest BCUT2D eigenvalue weighted by atomic mass is 16.6. The molecule has 24 heavy (non-hydrogen) atoms. The van der Waals surface area contributed by atoms with Crippen LogP contribution in [0.15, 0.2) is 47.1 Å². The van der Waals surface area contributed by atoms with E-state index in [0.717, 1.165) is 29.3 Å². The van der Waals surface area contributed by atoms with Gasteiger partial charge in [0.15, 0.2) is 0 Å². The molecule has 1 aromatic carbocycles. The van der Waals surface area contributed by atoms with Gasteiger partial charge < -0.3 is 0 Å². The summed E-state index contributed by atoms with van der Waals surface area (Å²) in [4.78, 5) is 20.5. The van der Waals surface area contributed by atoms with E-state index in [2.05, 4.69) is 23.2 Å². The van der Waals surface area contributed by atoms with Crippen LogP contribution in [-0.4, -0.2) is 15.6 Å². The lowest BCUT2D eigenvalue weighted by molar-refractivity contribution is -0.393. The van der Waals surface area contributed by atoms with E-state index >= 15 is 0 Å². The molecule has 0 heterocycles. The molecule has 1 atom stereocenters. The highest BCUT2D eigenvalue weighted by Gasteiger charge is 2.21. The van der Waals surface area contributed by atoms with Gasteiger partial charge in [0.2, 0.25) is 0 Å². The van der Waals surface area contributed by atoms with E-state index in [1.807, 2.05) is 13.8 Å². The number of nitrogens with one attached hydrogen (secondary N) is 1. The molecule has 0 fully saturated rings. The lowest BCUT2D eigenvalue weighted by atomic mass is 9.85. The second-order valence-corrected chi connectivity index (χ2v) is 5.76. The maximum atomic E-state index is 11.1. The number of anilines is 1. The standard InChI is InChI=1S/C16H18N4O4/c1-10(2)12-5-4-11(3)15(8-12)18-17-14-7-6-13(19(21)22)9-16(14)20(23)24/h4,6-7,9,12,17H,1,5,8H2,2-3H3. The van der Waals surface area contributed by atoms with Gasteiger partial charge in [-0.1, -0.05) is 18.2 Å². The van der Waals surface area contributed by atoms with Gasteiger partial charge in [0, 0.05) is 6.07 Å². The third-order valence-electron chi connectivity index (χ3n) is 4.00. The highest BCUT2D eigenvalue weighted by Crippen LogP contribution is 2.30. The summed E-state index contributed by atoms with van der Waals surface area (Å²) >= 11 is 0. The molecule has 0 amide bonds. The third-order valence-corrected chi connectivity index (χ3v) is 4.00. The minimum absolute atomic E-state index is 0.114. The summed E-state index contributed by atoms with van der Waals surface area (Å²) in [5.41, 5.74) is 4.92. The summed E-state index contributed by atoms with van der Waals surface area (Å²) in [6.07, 6.45) is 3.66. The molecule has 0 radical (unpaired) electrons. The number of nitro groups is 2. The largest absolute Gasteiger partial charge is 0.301 e. The predicted octanol–water partition coefficient (Wildman–Crippen LogP) is 4.20. The topological polar surface area (TPSA) is 111 Å². The van der Waals surface area contributed by atoms with Crippen LogP contribution in [0.3, 0.4) is 0 Å². The first-order chi connectivity index (χ1) is 11.3. The number of hydrogen-bond acceptors (Lipinski definition) is 6. The Kier molecular flexibility index (Phi) is 5.08. The summed E-state index contributed by atoms with van der Waals surface area (Å²) in [7, 11) is 0. The Bertz CT molecular complexity index is 767. The molecule has 0 saturated heterocycles. The number of non-ortho nitro benzene ring substituents is 1. The van der Waals surface area contributed by atoms with Gasteiger partial charge >= 0.3 is 5.69 Å². The van der Waals surface area contributed by atoms with Gasteiger partial charge in [-0.05, 0) is 44.2 Å². The van der Waals surface area contributed by atoms with Crippen LogP contribution in [0.5, 0.6) is 0 Å². The van der Waals surface area contributed by atoms with E-state index in [1.54, 1.807) is 0 Å². The van der Waals surface area contributed by atoms with E-state index < -0.39 is 9.85 Å². The number of nitro benzene ring substituents is 2. The first kappa shape index (κ1) is 17.3. The fourth-order valence-corrected chi connectivity index (χ4v) is 2.43. The molecule has 1 unspecified atom stereocenters. The molecule has 0 spiro atoms. The molecule has 8 nitrogen and oxygen atoms in total. The quantitative estimate of drug-likeness (QED) is 0.494. The van der Waals surface area contributed by atoms with Gasteiger partial charge in [-0.3, -0.25) is 25.7 Å². The summed E-state index contributed by atoms with van der Waals surface area (Å²) < 4.78 is 0. The highest BCUT2D eigenvalue weighted by molar-refractivity contribution is 6.01. The predicted molar refractivity (Wildman–Crippen MR) is 92.1 cm³/mol. The van der Waals surface area contributed by atoms with Gasteiger partial charge in [-0.15, -0.1) is 0 Å². The number of hydrazone groups is 1. The summed E-state index contributed by atoms with van der Waals surface area (Å²) in [5.74, 6) is 0.293. The Balaban J connectivity index is 2.29. The molecule has 2 rings (SSSR count). The Labute approximate surface area is 138 Å². The van der Waals surface area contributed by atoms with Crippen LogP contribution >= 0.6 is 0 Å². The molecule has 1 aromatic rings. The van der Waals surface area contributed by atoms with Crippen LogP contribution in [0.4, 0.5) is 17.1 Å². The molecular formula is C16H18N4O4. The number of allylic oxidation sites excluding steroid dienone is 3. The molecule has 0 bridgehead atoms. The zero-order valence-corrected chi connectivity index (χ0v) is 13.5. The molecule has 0 aliphatic heterocycles. The van der Waals surface area contributed by atoms with E-state index in [0.29, 0.717) is 12.3 Å². The maximum Gasteiger partial charge on any atom is 0.301 e. The lowest BCUT2D eigenvalue weighted by Gasteiger charge is -2.22. The minimum Gasteiger partial charge on any atom is -0.271 e. The summed E-state index contributed by atoms with van der Waals surface area (Å²) in [5, 5.41) is 26.1. The number of rotatable bonds is 5. The van der Waals surface area contributed by atoms with Crippen molar-refractivity contribution in [2.75, 3.05) is 5.43 Å². The second kappa shape index (κ2) is 7.03. The minimum atomic E-state index is -0.672. The van der Waals surface area contributed by atoms with E-state index in [4.69, 9.17) is 0 Å². The Morgan fingerprint density at radius 1 is 1.33 bits per heavy atom. The third kappa shape index (κ3) is 3.83. The van der Waals surface area contributed by atoms with Crippen molar-refractivity contribution in [2.45, 2.75) is 26.7 Å². The first-order valence-electron chi connectivity index (χ1n) is 7.37. The van der Waals surface area contributed by atoms with Crippen LogP contribution < -0.4 is 5.43 Å². The monoisotopic (exact) mass is 330 g/mol. The molecule has 0 aromatic heterocycles. The zero-order valence-electron chi connectivity index (χ0n) is 13.5. The Hall–Kier alpha value is -3.03. The van der Waals surface area contributed by atoms with Crippen LogP contribution in [0.2, 0.25) is 0 Å². The number of hydrogen-bond donors (Lipinski definition) is 1. The van der Waals surface area contributed by atoms with Crippen LogP contribution in [0, 0.1) is 26.1 Å². The van der Waals surface area contributed by atoms with E-state index in [9.17, 15) is 20.2 Å². The average Bonchev–Trinajstić information content (AvgIpc) is 2.53. The van der Waals surface area contributed by atoms with E-state index in [-0.39, 0.29) is 17.1 Å². The summed E-state index contributed by atoms with van der Waals surface area (Å²) in [6.45, 7) is 7.86. The van der Waals surface area contributed by atoms with Crippen molar-refractivity contribution in [2.24, 2.45) is 11.0 Å². The Morgan fingerprint density at radius 2 is 2.04 bits per heavy atom. The molecule has 1 aliphatic carbocycles. The maximum absolute atomic E-state index is 11.1. The van der Waals surface area contributed by atoms with Crippen molar-refractivity contribution in [1.82, 2.24) is 0 Å². The first-order valence-corrected chi connectivity index (χ1v) is 7.37. The van der Waals surface area contributed by atoms with Gasteiger partial charge in [-0.2, -0.15) is 5.10 Å². The van der Waals surface area contributed by atoms with Crippen LogP contribution in [0.1, 0.15) is 26.7 Å². The van der Waals surface area contributed by atoms with Gasteiger partial charge in [0.1, 0.15) is 5.69 Å². The van der Waals surface area contributed by atoms with Crippen molar-refractivity contribution in [3.63, 3.8) is 0 Å². The second-order valence-electron chi connectivity index (χ2n) is 5.76. The SMILES string of the molecule is C=C(C)C1CC=C(C)C(=NNc2ccc([N+](=O)[O-])cc2[N+](=O)[O-])C1. The molecule has 1 aliphatic rings. The van der Waals surface area contributed by atoms with Crippen molar-refractivity contribution < 1.29 is 9.85 Å². The molecule has 8 heteroatoms. The van der Waals surface area contributed by atoms with E-state index in [1.165, 1.54) is 12.1 Å². The summed E-state index contributed by atoms with van der Waals surface area (Å²) in [6, 6.07) is 3.41. The molecular weight excluding hydrogens is 312 g/mol. The fourth-order valence-electron chi connectivity index (χ4n) is 2.43. The smallest absolute Gasteiger partial charge is 0.271 e. The molecule has 1 N–H and O–H groups in total.